The van der Waals surface area contributed by atoms with E-state index in [1.54, 1.807) is 14.2 Å². The van der Waals surface area contributed by atoms with Gasteiger partial charge < -0.3 is 25.0 Å². The van der Waals surface area contributed by atoms with Gasteiger partial charge in [0.05, 0.1) is 13.2 Å². The molecule has 0 unspecified atom stereocenters. The lowest BCUT2D eigenvalue weighted by Crippen LogP contribution is -2.44. The molecule has 1 amide bonds. The molecule has 0 aliphatic rings. The van der Waals surface area contributed by atoms with Gasteiger partial charge in [-0.2, -0.15) is 0 Å². The lowest BCUT2D eigenvalue weighted by Gasteiger charge is -2.26. The van der Waals surface area contributed by atoms with E-state index in [0.29, 0.717) is 19.7 Å². The molecule has 0 aromatic heterocycles. The highest BCUT2D eigenvalue weighted by Gasteiger charge is 2.20. The number of methoxy groups -OCH3 is 2. The Bertz CT molecular complexity index is 516. The van der Waals surface area contributed by atoms with E-state index >= 15 is 0 Å². The summed E-state index contributed by atoms with van der Waals surface area (Å²) in [6.07, 6.45) is 3.53. The normalized spacial score (nSPS) is 11.4. The average Bonchev–Trinajstić information content (AvgIpc) is 2.64. The molecule has 1 rings (SSSR count). The maximum absolute atomic E-state index is 12.8. The molecule has 1 aromatic rings. The molecule has 0 spiro atoms. The summed E-state index contributed by atoms with van der Waals surface area (Å²) in [5.41, 5.74) is 7.25. The van der Waals surface area contributed by atoms with E-state index in [-0.39, 0.29) is 30.7 Å². The van der Waals surface area contributed by atoms with Crippen LogP contribution in [-0.2, 0) is 16.1 Å². The average molecular weight is 438 g/mol. The largest absolute Gasteiger partial charge is 0.497 e. The van der Waals surface area contributed by atoms with Crippen molar-refractivity contribution in [3.63, 3.8) is 0 Å². The lowest BCUT2D eigenvalue weighted by atomic mass is 10.1. The van der Waals surface area contributed by atoms with Gasteiger partial charge in [-0.25, -0.2) is 0 Å². The van der Waals surface area contributed by atoms with Crippen molar-refractivity contribution in [2.24, 2.45) is 5.73 Å². The Balaban J connectivity index is 0. The van der Waals surface area contributed by atoms with Crippen molar-refractivity contribution in [2.75, 3.05) is 48.0 Å². The summed E-state index contributed by atoms with van der Waals surface area (Å²) in [6.45, 7) is 2.84. The van der Waals surface area contributed by atoms with Crippen molar-refractivity contribution in [2.45, 2.75) is 38.3 Å². The molecule has 0 saturated carbocycles. The summed E-state index contributed by atoms with van der Waals surface area (Å²) in [6, 6.07) is 7.34. The molecule has 0 aliphatic carbocycles. The minimum Gasteiger partial charge on any atom is -0.497 e. The van der Waals surface area contributed by atoms with Crippen molar-refractivity contribution in [1.82, 2.24) is 9.80 Å². The number of ether oxygens (including phenoxy) is 2. The quantitative estimate of drug-likeness (QED) is 0.480. The van der Waals surface area contributed by atoms with Crippen LogP contribution in [0.1, 0.15) is 31.2 Å². The fourth-order valence-corrected chi connectivity index (χ4v) is 2.77. The Morgan fingerprint density at radius 1 is 1.04 bits per heavy atom. The van der Waals surface area contributed by atoms with Crippen LogP contribution < -0.4 is 10.5 Å². The van der Waals surface area contributed by atoms with Crippen LogP contribution in [0.4, 0.5) is 0 Å². The molecule has 2 N–H and O–H groups in total. The van der Waals surface area contributed by atoms with E-state index in [2.05, 4.69) is 19.0 Å². The number of rotatable bonds is 13. The van der Waals surface area contributed by atoms with Crippen LogP contribution in [-0.4, -0.2) is 69.8 Å². The Hall–Kier alpha value is -1.05. The molecular weight excluding hydrogens is 401 g/mol. The summed E-state index contributed by atoms with van der Waals surface area (Å²) in [7, 11) is 7.42. The van der Waals surface area contributed by atoms with Crippen LogP contribution in [0.2, 0.25) is 0 Å². The zero-order chi connectivity index (χ0) is 19.4. The SMILES string of the molecule is COCCCN(Cc1ccc(OC)cc1)C(=O)[C@@H](N)CCCCN(C)C.Cl.Cl. The van der Waals surface area contributed by atoms with Gasteiger partial charge in [-0.05, 0) is 57.6 Å². The molecule has 8 heteroatoms. The van der Waals surface area contributed by atoms with Gasteiger partial charge in [0.25, 0.3) is 0 Å². The maximum Gasteiger partial charge on any atom is 0.239 e. The highest BCUT2D eigenvalue weighted by Crippen LogP contribution is 2.14. The number of benzene rings is 1. The zero-order valence-electron chi connectivity index (χ0n) is 17.6. The van der Waals surface area contributed by atoms with Crippen LogP contribution in [0.3, 0.4) is 0 Å². The van der Waals surface area contributed by atoms with Gasteiger partial charge in [0.1, 0.15) is 5.75 Å². The Kier molecular flexibility index (Phi) is 17.6. The summed E-state index contributed by atoms with van der Waals surface area (Å²) in [5.74, 6) is 0.824. The summed E-state index contributed by atoms with van der Waals surface area (Å²) in [5, 5.41) is 0. The second-order valence-corrected chi connectivity index (χ2v) is 6.86. The molecule has 164 valence electrons. The van der Waals surface area contributed by atoms with Gasteiger partial charge in [-0.15, -0.1) is 24.8 Å². The van der Waals surface area contributed by atoms with E-state index in [9.17, 15) is 4.79 Å². The van der Waals surface area contributed by atoms with Gasteiger partial charge in [-0.3, -0.25) is 4.79 Å². The molecule has 28 heavy (non-hydrogen) atoms. The fourth-order valence-electron chi connectivity index (χ4n) is 2.77. The molecule has 0 aliphatic heterocycles. The van der Waals surface area contributed by atoms with Crippen LogP contribution in [0.15, 0.2) is 24.3 Å². The summed E-state index contributed by atoms with van der Waals surface area (Å²) in [4.78, 5) is 16.8. The number of carbonyl (C=O) groups is 1. The van der Waals surface area contributed by atoms with Gasteiger partial charge in [0.15, 0.2) is 0 Å². The van der Waals surface area contributed by atoms with Crippen molar-refractivity contribution >= 4 is 30.7 Å². The highest BCUT2D eigenvalue weighted by molar-refractivity contribution is 5.85. The molecule has 0 bridgehead atoms. The number of halogens is 2. The number of amides is 1. The van der Waals surface area contributed by atoms with E-state index in [0.717, 1.165) is 43.5 Å². The summed E-state index contributed by atoms with van der Waals surface area (Å²) >= 11 is 0. The number of carbonyl (C=O) groups excluding carboxylic acids is 1. The predicted octanol–water partition coefficient (Wildman–Crippen LogP) is 2.96. The summed E-state index contributed by atoms with van der Waals surface area (Å²) < 4.78 is 10.3. The first-order valence-electron chi connectivity index (χ1n) is 9.29. The van der Waals surface area contributed by atoms with Crippen molar-refractivity contribution < 1.29 is 14.3 Å². The topological polar surface area (TPSA) is 68.0 Å². The van der Waals surface area contributed by atoms with Crippen molar-refractivity contribution in [3.05, 3.63) is 29.8 Å². The van der Waals surface area contributed by atoms with Crippen LogP contribution >= 0.6 is 24.8 Å². The minimum absolute atomic E-state index is 0. The van der Waals surface area contributed by atoms with Gasteiger partial charge in [0, 0.05) is 26.8 Å². The van der Waals surface area contributed by atoms with Gasteiger partial charge in [0.2, 0.25) is 5.91 Å². The highest BCUT2D eigenvalue weighted by atomic mass is 35.5. The maximum atomic E-state index is 12.8. The Labute approximate surface area is 182 Å². The zero-order valence-corrected chi connectivity index (χ0v) is 19.2. The first-order valence-corrected chi connectivity index (χ1v) is 9.29. The van der Waals surface area contributed by atoms with Gasteiger partial charge in [-0.1, -0.05) is 18.6 Å². The molecule has 0 fully saturated rings. The second-order valence-electron chi connectivity index (χ2n) is 6.86. The smallest absolute Gasteiger partial charge is 0.239 e. The van der Waals surface area contributed by atoms with Crippen molar-refractivity contribution in [3.8, 4) is 5.75 Å². The monoisotopic (exact) mass is 437 g/mol. The van der Waals surface area contributed by atoms with Crippen LogP contribution in [0.5, 0.6) is 5.75 Å². The third-order valence-electron chi connectivity index (χ3n) is 4.31. The number of hydrogen-bond donors (Lipinski definition) is 1. The van der Waals surface area contributed by atoms with Crippen LogP contribution in [0.25, 0.3) is 0 Å². The first-order chi connectivity index (χ1) is 12.5. The molecule has 0 saturated heterocycles. The third-order valence-corrected chi connectivity index (χ3v) is 4.31. The van der Waals surface area contributed by atoms with E-state index < -0.39 is 6.04 Å². The molecule has 0 heterocycles. The number of nitrogens with two attached hydrogens (primary N) is 1. The van der Waals surface area contributed by atoms with Crippen molar-refractivity contribution in [1.29, 1.82) is 0 Å². The molecule has 6 nitrogen and oxygen atoms in total. The Morgan fingerprint density at radius 3 is 2.21 bits per heavy atom. The number of hydrogen-bond acceptors (Lipinski definition) is 5. The van der Waals surface area contributed by atoms with Gasteiger partial charge >= 0.3 is 0 Å². The fraction of sp³-hybridized carbons (Fsp3) is 0.650. The first kappa shape index (κ1) is 29.2. The van der Waals surface area contributed by atoms with E-state index in [4.69, 9.17) is 15.2 Å². The lowest BCUT2D eigenvalue weighted by molar-refractivity contribution is -0.133. The van der Waals surface area contributed by atoms with E-state index in [1.165, 1.54) is 0 Å². The third kappa shape index (κ3) is 11.7. The molecule has 1 aromatic carbocycles. The standard InChI is InChI=1S/C20H35N3O3.2ClH/c1-22(2)13-6-5-8-19(21)20(24)23(14-7-15-25-3)16-17-9-11-18(26-4)12-10-17;;/h9-12,19H,5-8,13-16,21H2,1-4H3;2*1H/t19-;;/m0../s1. The predicted molar refractivity (Wildman–Crippen MR) is 120 cm³/mol. The van der Waals surface area contributed by atoms with E-state index in [1.807, 2.05) is 29.2 Å². The Morgan fingerprint density at radius 2 is 1.68 bits per heavy atom. The minimum atomic E-state index is -0.446. The van der Waals surface area contributed by atoms with Crippen LogP contribution in [0, 0.1) is 0 Å². The molecular formula is C20H37Cl2N3O3. The number of unbranched alkanes of at least 4 members (excludes halogenated alkanes) is 1. The number of nitrogens with zero attached hydrogens (tertiary/aromatic N) is 2. The molecule has 0 radical (unpaired) electrons. The second kappa shape index (κ2) is 16.9. The molecule has 1 atom stereocenters.